The van der Waals surface area contributed by atoms with Crippen LogP contribution in [0.15, 0.2) is 35.7 Å². The molecule has 2 aromatic heterocycles. The van der Waals surface area contributed by atoms with Crippen LogP contribution in [-0.2, 0) is 12.6 Å². The molecule has 0 N–H and O–H groups in total. The predicted octanol–water partition coefficient (Wildman–Crippen LogP) is 6.48. The van der Waals surface area contributed by atoms with Gasteiger partial charge in [-0.1, -0.05) is 51.1 Å². The van der Waals surface area contributed by atoms with Gasteiger partial charge in [0.25, 0.3) is 0 Å². The second kappa shape index (κ2) is 6.72. The molecule has 1 aromatic carbocycles. The summed E-state index contributed by atoms with van der Waals surface area (Å²) in [5.74, 6) is 0.00363. The van der Waals surface area contributed by atoms with E-state index >= 15 is 0 Å². The van der Waals surface area contributed by atoms with Gasteiger partial charge in [-0.2, -0.15) is 18.3 Å². The Kier molecular flexibility index (Phi) is 4.61. The zero-order valence-electron chi connectivity index (χ0n) is 16.0. The summed E-state index contributed by atoms with van der Waals surface area (Å²) in [6, 6.07) is 9.64. The molecule has 0 bridgehead atoms. The van der Waals surface area contributed by atoms with E-state index in [1.807, 2.05) is 35.7 Å². The van der Waals surface area contributed by atoms with Gasteiger partial charge in [0, 0.05) is 22.4 Å². The molecule has 7 heteroatoms. The number of benzene rings is 1. The Bertz CT molecular complexity index is 981. The summed E-state index contributed by atoms with van der Waals surface area (Å²) in [6.45, 7) is 6.23. The summed E-state index contributed by atoms with van der Waals surface area (Å²) in [4.78, 5) is 4.62. The van der Waals surface area contributed by atoms with E-state index in [9.17, 15) is 13.2 Å². The fourth-order valence-electron chi connectivity index (χ4n) is 4.01. The number of alkyl halides is 3. The number of nitrogens with zero attached hydrogens (tertiary/aromatic N) is 3. The van der Waals surface area contributed by atoms with Crippen molar-refractivity contribution in [2.45, 2.75) is 52.1 Å². The van der Waals surface area contributed by atoms with Crippen molar-refractivity contribution in [3.05, 3.63) is 52.7 Å². The maximum absolute atomic E-state index is 13.7. The molecule has 1 aliphatic rings. The van der Waals surface area contributed by atoms with Gasteiger partial charge in [0.1, 0.15) is 0 Å². The fraction of sp³-hybridized carbons (Fsp3) is 0.429. The van der Waals surface area contributed by atoms with Crippen molar-refractivity contribution >= 4 is 11.3 Å². The Morgan fingerprint density at radius 2 is 1.82 bits per heavy atom. The molecule has 0 saturated carbocycles. The largest absolute Gasteiger partial charge is 0.435 e. The Balaban J connectivity index is 1.88. The van der Waals surface area contributed by atoms with Crippen LogP contribution in [0.25, 0.3) is 16.4 Å². The minimum Gasteiger partial charge on any atom is -0.218 e. The summed E-state index contributed by atoms with van der Waals surface area (Å²) < 4.78 is 42.6. The quantitative estimate of drug-likeness (QED) is 0.488. The van der Waals surface area contributed by atoms with E-state index in [-0.39, 0.29) is 11.3 Å². The second-order valence-electron chi connectivity index (χ2n) is 8.31. The van der Waals surface area contributed by atoms with E-state index in [1.54, 1.807) is 0 Å². The zero-order chi connectivity index (χ0) is 20.1. The third kappa shape index (κ3) is 3.36. The van der Waals surface area contributed by atoms with Crippen LogP contribution in [0.4, 0.5) is 13.2 Å². The van der Waals surface area contributed by atoms with Gasteiger partial charge in [0.05, 0.1) is 11.4 Å². The van der Waals surface area contributed by atoms with E-state index in [0.717, 1.165) is 24.1 Å². The topological polar surface area (TPSA) is 30.7 Å². The SMILES string of the molecule is CC(C)(C)[C@H]1CCCc2c(C(F)(F)F)nn(-c3nc(-c4ccccc4)cs3)c21. The van der Waals surface area contributed by atoms with Gasteiger partial charge in [-0.15, -0.1) is 11.3 Å². The van der Waals surface area contributed by atoms with Gasteiger partial charge < -0.3 is 0 Å². The molecule has 0 unspecified atom stereocenters. The smallest absolute Gasteiger partial charge is 0.218 e. The molecule has 0 radical (unpaired) electrons. The lowest BCUT2D eigenvalue weighted by Gasteiger charge is -2.34. The maximum Gasteiger partial charge on any atom is 0.435 e. The molecule has 0 fully saturated rings. The van der Waals surface area contributed by atoms with Gasteiger partial charge in [-0.05, 0) is 24.7 Å². The maximum atomic E-state index is 13.7. The van der Waals surface area contributed by atoms with Crippen molar-refractivity contribution in [3.63, 3.8) is 0 Å². The zero-order valence-corrected chi connectivity index (χ0v) is 16.9. The molecule has 0 spiro atoms. The summed E-state index contributed by atoms with van der Waals surface area (Å²) >= 11 is 1.33. The first-order valence-electron chi connectivity index (χ1n) is 9.36. The van der Waals surface area contributed by atoms with Gasteiger partial charge in [0.15, 0.2) is 5.69 Å². The molecular formula is C21H22F3N3S. The molecule has 3 aromatic rings. The average molecular weight is 405 g/mol. The van der Waals surface area contributed by atoms with Crippen molar-refractivity contribution in [1.82, 2.24) is 14.8 Å². The first kappa shape index (κ1) is 19.2. The van der Waals surface area contributed by atoms with Crippen LogP contribution in [0.1, 0.15) is 56.5 Å². The Morgan fingerprint density at radius 3 is 2.46 bits per heavy atom. The lowest BCUT2D eigenvalue weighted by Crippen LogP contribution is -2.25. The molecule has 1 aliphatic carbocycles. The summed E-state index contributed by atoms with van der Waals surface area (Å²) in [7, 11) is 0. The third-order valence-electron chi connectivity index (χ3n) is 5.33. The van der Waals surface area contributed by atoms with Gasteiger partial charge in [-0.3, -0.25) is 0 Å². The number of hydrogen-bond acceptors (Lipinski definition) is 3. The number of rotatable bonds is 2. The van der Waals surface area contributed by atoms with Gasteiger partial charge in [-0.25, -0.2) is 9.67 Å². The van der Waals surface area contributed by atoms with E-state index < -0.39 is 11.9 Å². The molecule has 4 rings (SSSR count). The molecule has 148 valence electrons. The first-order chi connectivity index (χ1) is 13.2. The normalized spacial score (nSPS) is 17.6. The van der Waals surface area contributed by atoms with Crippen LogP contribution in [0.5, 0.6) is 0 Å². The van der Waals surface area contributed by atoms with Crippen molar-refractivity contribution in [2.24, 2.45) is 5.41 Å². The van der Waals surface area contributed by atoms with Gasteiger partial charge >= 0.3 is 6.18 Å². The molecular weight excluding hydrogens is 383 g/mol. The lowest BCUT2D eigenvalue weighted by atomic mass is 9.71. The molecule has 0 amide bonds. The summed E-state index contributed by atoms with van der Waals surface area (Å²) in [5.41, 5.74) is 1.80. The molecule has 0 saturated heterocycles. The van der Waals surface area contributed by atoms with Crippen LogP contribution < -0.4 is 0 Å². The highest BCUT2D eigenvalue weighted by Crippen LogP contribution is 2.47. The monoisotopic (exact) mass is 405 g/mol. The standard InChI is InChI=1S/C21H22F3N3S/c1-20(2,3)15-11-7-10-14-17(15)27(26-18(14)21(22,23)24)19-25-16(12-28-19)13-8-5-4-6-9-13/h4-6,8-9,12,15H,7,10-11H2,1-3H3/t15-/m0/s1. The highest BCUT2D eigenvalue weighted by Gasteiger charge is 2.44. The minimum atomic E-state index is -4.46. The first-order valence-corrected chi connectivity index (χ1v) is 10.2. The third-order valence-corrected chi connectivity index (χ3v) is 6.15. The van der Waals surface area contributed by atoms with E-state index in [2.05, 4.69) is 30.9 Å². The average Bonchev–Trinajstić information content (AvgIpc) is 3.25. The van der Waals surface area contributed by atoms with Crippen LogP contribution >= 0.6 is 11.3 Å². The molecule has 28 heavy (non-hydrogen) atoms. The Hall–Kier alpha value is -2.15. The summed E-state index contributed by atoms with van der Waals surface area (Å²) in [5, 5.41) is 6.41. The number of fused-ring (bicyclic) bond motifs is 1. The predicted molar refractivity (Wildman–Crippen MR) is 105 cm³/mol. The van der Waals surface area contributed by atoms with E-state index in [0.29, 0.717) is 22.8 Å². The van der Waals surface area contributed by atoms with Crippen molar-refractivity contribution < 1.29 is 13.2 Å². The van der Waals surface area contributed by atoms with Crippen LogP contribution in [0.3, 0.4) is 0 Å². The van der Waals surface area contributed by atoms with E-state index in [4.69, 9.17) is 0 Å². The molecule has 2 heterocycles. The number of thiazole rings is 1. The van der Waals surface area contributed by atoms with E-state index in [1.165, 1.54) is 16.0 Å². The van der Waals surface area contributed by atoms with Crippen LogP contribution in [0, 0.1) is 5.41 Å². The van der Waals surface area contributed by atoms with Crippen molar-refractivity contribution in [3.8, 4) is 16.4 Å². The number of hydrogen-bond donors (Lipinski definition) is 0. The number of halogens is 3. The van der Waals surface area contributed by atoms with Crippen LogP contribution in [0.2, 0.25) is 0 Å². The van der Waals surface area contributed by atoms with Crippen molar-refractivity contribution in [2.75, 3.05) is 0 Å². The number of aromatic nitrogens is 3. The highest BCUT2D eigenvalue weighted by atomic mass is 32.1. The van der Waals surface area contributed by atoms with Gasteiger partial charge in [0.2, 0.25) is 5.13 Å². The molecule has 1 atom stereocenters. The molecule has 3 nitrogen and oxygen atoms in total. The van der Waals surface area contributed by atoms with Crippen molar-refractivity contribution in [1.29, 1.82) is 0 Å². The summed E-state index contributed by atoms with van der Waals surface area (Å²) in [6.07, 6.45) is -2.45. The highest BCUT2D eigenvalue weighted by molar-refractivity contribution is 7.12. The lowest BCUT2D eigenvalue weighted by molar-refractivity contribution is -0.142. The Morgan fingerprint density at radius 1 is 1.11 bits per heavy atom. The fourth-order valence-corrected chi connectivity index (χ4v) is 4.80. The minimum absolute atomic E-state index is 0.00363. The second-order valence-corrected chi connectivity index (χ2v) is 9.15. The Labute approximate surface area is 166 Å². The van der Waals surface area contributed by atoms with Crippen LogP contribution in [-0.4, -0.2) is 14.8 Å². The molecule has 0 aliphatic heterocycles.